The Morgan fingerprint density at radius 1 is 1.47 bits per heavy atom. The van der Waals surface area contributed by atoms with E-state index >= 15 is 0 Å². The molecule has 1 aromatic heterocycles. The molecule has 0 bridgehead atoms. The van der Waals surface area contributed by atoms with Crippen molar-refractivity contribution < 1.29 is 4.42 Å². The van der Waals surface area contributed by atoms with Crippen LogP contribution in [0.15, 0.2) is 22.6 Å². The van der Waals surface area contributed by atoms with Crippen molar-refractivity contribution in [2.45, 2.75) is 32.9 Å². The summed E-state index contributed by atoms with van der Waals surface area (Å²) >= 11 is 0. The fraction of sp³-hybridized carbons (Fsp3) is 0.385. The summed E-state index contributed by atoms with van der Waals surface area (Å²) in [6.07, 6.45) is 0. The molecule has 0 fully saturated rings. The smallest absolute Gasteiger partial charge is 0.192 e. The molecule has 4 heteroatoms. The van der Waals surface area contributed by atoms with E-state index in [9.17, 15) is 0 Å². The Morgan fingerprint density at radius 2 is 2.24 bits per heavy atom. The molecular weight excluding hydrogens is 214 g/mol. The number of rotatable bonds is 3. The molecule has 0 spiro atoms. The first-order valence-corrected chi connectivity index (χ1v) is 5.52. The van der Waals surface area contributed by atoms with Crippen molar-refractivity contribution in [1.82, 2.24) is 10.3 Å². The van der Waals surface area contributed by atoms with Crippen LogP contribution in [0.2, 0.25) is 0 Å². The van der Waals surface area contributed by atoms with Gasteiger partial charge in [0.15, 0.2) is 11.5 Å². The molecule has 88 valence electrons. The van der Waals surface area contributed by atoms with Crippen molar-refractivity contribution in [2.24, 2.45) is 0 Å². The Morgan fingerprint density at radius 3 is 2.94 bits per heavy atom. The number of fused-ring (bicyclic) bond motifs is 1. The maximum atomic E-state index is 8.91. The Hall–Kier alpha value is -1.86. The van der Waals surface area contributed by atoms with E-state index < -0.39 is 5.54 Å². The molecule has 0 amide bonds. The number of hydrogen-bond donors (Lipinski definition) is 1. The van der Waals surface area contributed by atoms with Crippen LogP contribution in [-0.4, -0.2) is 10.5 Å². The zero-order valence-corrected chi connectivity index (χ0v) is 10.2. The molecule has 1 heterocycles. The van der Waals surface area contributed by atoms with Crippen LogP contribution < -0.4 is 5.32 Å². The lowest BCUT2D eigenvalue weighted by atomic mass is 10.1. The quantitative estimate of drug-likeness (QED) is 0.878. The predicted octanol–water partition coefficient (Wildman–Crippen LogP) is 2.53. The zero-order chi connectivity index (χ0) is 12.5. The molecule has 0 aliphatic rings. The first-order valence-electron chi connectivity index (χ1n) is 5.52. The highest BCUT2D eigenvalue weighted by Gasteiger charge is 2.15. The molecular formula is C13H15N3O. The second-order valence-electron chi connectivity index (χ2n) is 4.63. The van der Waals surface area contributed by atoms with E-state index in [4.69, 9.17) is 9.68 Å². The number of aromatic nitrogens is 1. The van der Waals surface area contributed by atoms with Crippen molar-refractivity contribution in [2.75, 3.05) is 0 Å². The van der Waals surface area contributed by atoms with Crippen molar-refractivity contribution in [3.63, 3.8) is 0 Å². The van der Waals surface area contributed by atoms with Crippen LogP contribution in [0.25, 0.3) is 11.1 Å². The van der Waals surface area contributed by atoms with Gasteiger partial charge in [0.2, 0.25) is 0 Å². The molecule has 2 rings (SSSR count). The molecule has 0 atom stereocenters. The summed E-state index contributed by atoms with van der Waals surface area (Å²) in [5, 5.41) is 12.1. The van der Waals surface area contributed by atoms with E-state index in [0.29, 0.717) is 12.4 Å². The predicted molar refractivity (Wildman–Crippen MR) is 65.3 cm³/mol. The minimum Gasteiger partial charge on any atom is -0.441 e. The molecule has 0 saturated heterocycles. The van der Waals surface area contributed by atoms with Crippen LogP contribution in [0.5, 0.6) is 0 Å². The number of benzene rings is 1. The third-order valence-electron chi connectivity index (χ3n) is 2.57. The minimum atomic E-state index is -0.519. The van der Waals surface area contributed by atoms with Gasteiger partial charge < -0.3 is 4.42 Å². The lowest BCUT2D eigenvalue weighted by Gasteiger charge is -2.17. The highest BCUT2D eigenvalue weighted by molar-refractivity contribution is 5.73. The Bertz CT molecular complexity index is 578. The van der Waals surface area contributed by atoms with E-state index in [0.717, 1.165) is 16.7 Å². The molecule has 1 aromatic carbocycles. The van der Waals surface area contributed by atoms with Gasteiger partial charge in [-0.3, -0.25) is 5.32 Å². The molecule has 0 unspecified atom stereocenters. The summed E-state index contributed by atoms with van der Waals surface area (Å²) < 4.78 is 5.41. The summed E-state index contributed by atoms with van der Waals surface area (Å²) in [7, 11) is 0. The van der Waals surface area contributed by atoms with Crippen LogP contribution in [0.4, 0.5) is 0 Å². The topological polar surface area (TPSA) is 61.9 Å². The number of nitrogens with one attached hydrogen (secondary N) is 1. The molecule has 0 aliphatic carbocycles. The molecule has 1 N–H and O–H groups in total. The monoisotopic (exact) mass is 229 g/mol. The van der Waals surface area contributed by atoms with Crippen LogP contribution >= 0.6 is 0 Å². The van der Waals surface area contributed by atoms with Gasteiger partial charge in [0.25, 0.3) is 0 Å². The standard InChI is InChI=1S/C13H15N3O/c1-9-16-11-6-10(4-5-12(11)17-9)7-15-13(2,3)8-14/h4-6,15H,7H2,1-3H3. The lowest BCUT2D eigenvalue weighted by Crippen LogP contribution is -2.36. The summed E-state index contributed by atoms with van der Waals surface area (Å²) in [6, 6.07) is 8.07. The zero-order valence-electron chi connectivity index (χ0n) is 10.2. The van der Waals surface area contributed by atoms with Gasteiger partial charge in [-0.1, -0.05) is 6.07 Å². The van der Waals surface area contributed by atoms with E-state index in [2.05, 4.69) is 16.4 Å². The van der Waals surface area contributed by atoms with E-state index in [1.165, 1.54) is 0 Å². The van der Waals surface area contributed by atoms with Crippen molar-refractivity contribution >= 4 is 11.1 Å². The largest absolute Gasteiger partial charge is 0.441 e. The van der Waals surface area contributed by atoms with Crippen molar-refractivity contribution in [3.05, 3.63) is 29.7 Å². The fourth-order valence-corrected chi connectivity index (χ4v) is 1.56. The van der Waals surface area contributed by atoms with Crippen LogP contribution in [-0.2, 0) is 6.54 Å². The lowest BCUT2D eigenvalue weighted by molar-refractivity contribution is 0.485. The van der Waals surface area contributed by atoms with Gasteiger partial charge in [-0.05, 0) is 31.5 Å². The second kappa shape index (κ2) is 4.19. The maximum Gasteiger partial charge on any atom is 0.192 e. The Balaban J connectivity index is 2.17. The number of hydrogen-bond acceptors (Lipinski definition) is 4. The molecule has 4 nitrogen and oxygen atoms in total. The Kier molecular flexibility index (Phi) is 2.86. The maximum absolute atomic E-state index is 8.91. The van der Waals surface area contributed by atoms with Crippen LogP contribution in [0.1, 0.15) is 25.3 Å². The normalized spacial score (nSPS) is 11.6. The minimum absolute atomic E-state index is 0.519. The summed E-state index contributed by atoms with van der Waals surface area (Å²) in [5.74, 6) is 0.669. The number of nitrogens with zero attached hydrogens (tertiary/aromatic N) is 2. The van der Waals surface area contributed by atoms with Gasteiger partial charge in [-0.15, -0.1) is 0 Å². The first-order chi connectivity index (χ1) is 8.00. The average molecular weight is 229 g/mol. The highest BCUT2D eigenvalue weighted by Crippen LogP contribution is 2.17. The van der Waals surface area contributed by atoms with E-state index in [1.807, 2.05) is 39.0 Å². The van der Waals surface area contributed by atoms with E-state index in [1.54, 1.807) is 0 Å². The molecule has 17 heavy (non-hydrogen) atoms. The first kappa shape index (κ1) is 11.6. The number of aryl methyl sites for hydroxylation is 1. The molecule has 0 saturated carbocycles. The van der Waals surface area contributed by atoms with E-state index in [-0.39, 0.29) is 0 Å². The van der Waals surface area contributed by atoms with Crippen molar-refractivity contribution in [3.8, 4) is 6.07 Å². The van der Waals surface area contributed by atoms with Gasteiger partial charge in [0, 0.05) is 13.5 Å². The number of nitriles is 1. The molecule has 0 aliphatic heterocycles. The van der Waals surface area contributed by atoms with Gasteiger partial charge in [-0.25, -0.2) is 4.98 Å². The Labute approximate surface area is 100 Å². The molecule has 2 aromatic rings. The van der Waals surface area contributed by atoms with Crippen molar-refractivity contribution in [1.29, 1.82) is 5.26 Å². The summed E-state index contributed by atoms with van der Waals surface area (Å²) in [6.45, 7) is 6.18. The van der Waals surface area contributed by atoms with Crippen LogP contribution in [0.3, 0.4) is 0 Å². The van der Waals surface area contributed by atoms with Gasteiger partial charge in [0.05, 0.1) is 6.07 Å². The number of oxazole rings is 1. The molecule has 0 radical (unpaired) electrons. The third-order valence-corrected chi connectivity index (χ3v) is 2.57. The fourth-order valence-electron chi connectivity index (χ4n) is 1.56. The van der Waals surface area contributed by atoms with Gasteiger partial charge in [0.1, 0.15) is 11.1 Å². The average Bonchev–Trinajstić information content (AvgIpc) is 2.66. The summed E-state index contributed by atoms with van der Waals surface area (Å²) in [5.41, 5.74) is 2.23. The van der Waals surface area contributed by atoms with Crippen LogP contribution in [0, 0.1) is 18.3 Å². The SMILES string of the molecule is Cc1nc2cc(CNC(C)(C)C#N)ccc2o1. The van der Waals surface area contributed by atoms with Gasteiger partial charge >= 0.3 is 0 Å². The highest BCUT2D eigenvalue weighted by atomic mass is 16.3. The second-order valence-corrected chi connectivity index (χ2v) is 4.63. The third kappa shape index (κ3) is 2.63. The van der Waals surface area contributed by atoms with Gasteiger partial charge in [-0.2, -0.15) is 5.26 Å². The summed E-state index contributed by atoms with van der Waals surface area (Å²) in [4.78, 5) is 4.28.